The van der Waals surface area contributed by atoms with Crippen molar-refractivity contribution in [2.24, 2.45) is 5.41 Å². The van der Waals surface area contributed by atoms with E-state index in [4.69, 9.17) is 9.47 Å². The number of rotatable bonds is 6. The summed E-state index contributed by atoms with van der Waals surface area (Å²) in [6.07, 6.45) is -3.23. The normalized spacial score (nSPS) is 11.8. The molecule has 0 amide bonds. The maximum absolute atomic E-state index is 12.7. The first kappa shape index (κ1) is 23.2. The van der Waals surface area contributed by atoms with E-state index in [1.807, 2.05) is 0 Å². The van der Waals surface area contributed by atoms with Gasteiger partial charge in [0.1, 0.15) is 5.75 Å². The number of hydrogen-bond donors (Lipinski definition) is 0. The van der Waals surface area contributed by atoms with E-state index >= 15 is 0 Å². The molecule has 0 aliphatic carbocycles. The quantitative estimate of drug-likeness (QED) is 0.477. The molecule has 1 aromatic heterocycles. The zero-order valence-corrected chi connectivity index (χ0v) is 18.2. The maximum atomic E-state index is 12.7. The number of alkyl halides is 3. The lowest BCUT2D eigenvalue weighted by molar-refractivity contribution is -0.274. The number of methoxy groups -OCH3 is 1. The minimum Gasteiger partial charge on any atom is -0.493 e. The van der Waals surface area contributed by atoms with E-state index in [0.29, 0.717) is 34.9 Å². The Morgan fingerprint density at radius 2 is 1.62 bits per heavy atom. The van der Waals surface area contributed by atoms with E-state index in [-0.39, 0.29) is 16.7 Å². The van der Waals surface area contributed by atoms with Gasteiger partial charge in [-0.05, 0) is 46.9 Å². The highest BCUT2D eigenvalue weighted by atomic mass is 19.4. The van der Waals surface area contributed by atoms with Gasteiger partial charge in [-0.15, -0.1) is 13.2 Å². The largest absolute Gasteiger partial charge is 0.573 e. The van der Waals surface area contributed by atoms with Crippen molar-refractivity contribution in [2.75, 3.05) is 13.7 Å². The van der Waals surface area contributed by atoms with Gasteiger partial charge in [0, 0.05) is 18.3 Å². The fourth-order valence-corrected chi connectivity index (χ4v) is 2.96. The van der Waals surface area contributed by atoms with Crippen LogP contribution in [0.15, 0.2) is 65.6 Å². The van der Waals surface area contributed by atoms with Gasteiger partial charge in [-0.25, -0.2) is 0 Å². The van der Waals surface area contributed by atoms with Gasteiger partial charge in [0.15, 0.2) is 11.5 Å². The Morgan fingerprint density at radius 3 is 2.25 bits per heavy atom. The molecule has 170 valence electrons. The molecule has 0 saturated heterocycles. The molecule has 1 heterocycles. The van der Waals surface area contributed by atoms with Crippen molar-refractivity contribution in [3.8, 4) is 34.1 Å². The molecular formula is C24H24F3NO4. The van der Waals surface area contributed by atoms with E-state index in [9.17, 15) is 18.0 Å². The third-order valence-corrected chi connectivity index (χ3v) is 4.41. The van der Waals surface area contributed by atoms with E-state index < -0.39 is 6.36 Å². The lowest BCUT2D eigenvalue weighted by atomic mass is 9.99. The maximum Gasteiger partial charge on any atom is 0.573 e. The molecule has 0 N–H and O–H groups in total. The summed E-state index contributed by atoms with van der Waals surface area (Å²) in [5.74, 6) is 0.701. The summed E-state index contributed by atoms with van der Waals surface area (Å²) in [6, 6.07) is 13.6. The molecule has 0 fully saturated rings. The van der Waals surface area contributed by atoms with Crippen LogP contribution in [-0.2, 0) is 0 Å². The van der Waals surface area contributed by atoms with Crippen molar-refractivity contribution in [1.29, 1.82) is 0 Å². The second-order valence-corrected chi connectivity index (χ2v) is 8.38. The Morgan fingerprint density at radius 1 is 0.906 bits per heavy atom. The number of benzene rings is 2. The van der Waals surface area contributed by atoms with E-state index in [1.165, 1.54) is 35.9 Å². The molecule has 0 radical (unpaired) electrons. The molecule has 0 aliphatic heterocycles. The number of aromatic nitrogens is 1. The van der Waals surface area contributed by atoms with Gasteiger partial charge < -0.3 is 14.2 Å². The van der Waals surface area contributed by atoms with E-state index in [0.717, 1.165) is 0 Å². The van der Waals surface area contributed by atoms with Crippen molar-refractivity contribution in [3.05, 3.63) is 71.1 Å². The first-order valence-corrected chi connectivity index (χ1v) is 9.85. The van der Waals surface area contributed by atoms with Crippen molar-refractivity contribution >= 4 is 0 Å². The molecule has 32 heavy (non-hydrogen) atoms. The molecule has 5 nitrogen and oxygen atoms in total. The predicted octanol–water partition coefficient (Wildman–Crippen LogP) is 5.84. The van der Waals surface area contributed by atoms with Gasteiger partial charge >= 0.3 is 6.36 Å². The zero-order chi connectivity index (χ0) is 23.5. The average molecular weight is 447 g/mol. The van der Waals surface area contributed by atoms with Crippen LogP contribution in [0.1, 0.15) is 20.8 Å². The summed E-state index contributed by atoms with van der Waals surface area (Å²) >= 11 is 0. The van der Waals surface area contributed by atoms with Gasteiger partial charge in [-0.2, -0.15) is 0 Å². The second-order valence-electron chi connectivity index (χ2n) is 8.38. The Balaban J connectivity index is 1.89. The lowest BCUT2D eigenvalue weighted by Gasteiger charge is -2.20. The molecule has 3 aromatic rings. The predicted molar refractivity (Wildman–Crippen MR) is 116 cm³/mol. The van der Waals surface area contributed by atoms with Crippen molar-refractivity contribution < 1.29 is 27.4 Å². The molecular weight excluding hydrogens is 423 g/mol. The fourth-order valence-electron chi connectivity index (χ4n) is 2.96. The summed E-state index contributed by atoms with van der Waals surface area (Å²) in [5, 5.41) is 0. The fraction of sp³-hybridized carbons (Fsp3) is 0.292. The summed E-state index contributed by atoms with van der Waals surface area (Å²) in [4.78, 5) is 12.7. The van der Waals surface area contributed by atoms with Crippen LogP contribution in [-0.4, -0.2) is 24.6 Å². The highest BCUT2D eigenvalue weighted by Crippen LogP contribution is 2.31. The van der Waals surface area contributed by atoms with Crippen molar-refractivity contribution in [2.45, 2.75) is 27.1 Å². The number of halogens is 3. The number of nitrogens with zero attached hydrogens (tertiary/aromatic N) is 1. The molecule has 0 spiro atoms. The van der Waals surface area contributed by atoms with Gasteiger partial charge in [0.05, 0.1) is 19.4 Å². The second kappa shape index (κ2) is 8.98. The standard InChI is InChI=1S/C24H24F3NO4/c1-23(2,3)15-31-20-9-8-18(14-21(20)30-4)28-11-10-17(13-22(28)29)16-6-5-7-19(12-16)32-24(25,26)27/h5-14H,15H2,1-4H3. The molecule has 0 aliphatic rings. The van der Waals surface area contributed by atoms with E-state index in [2.05, 4.69) is 25.5 Å². The van der Waals surface area contributed by atoms with Crippen LogP contribution < -0.4 is 19.8 Å². The van der Waals surface area contributed by atoms with Gasteiger partial charge in [0.25, 0.3) is 5.56 Å². The smallest absolute Gasteiger partial charge is 0.493 e. The number of hydrogen-bond acceptors (Lipinski definition) is 4. The van der Waals surface area contributed by atoms with Crippen LogP contribution in [0.4, 0.5) is 13.2 Å². The van der Waals surface area contributed by atoms with Crippen molar-refractivity contribution in [1.82, 2.24) is 4.57 Å². The minimum absolute atomic E-state index is 0.0289. The van der Waals surface area contributed by atoms with Crippen LogP contribution in [0, 0.1) is 5.41 Å². The van der Waals surface area contributed by atoms with Crippen LogP contribution in [0.25, 0.3) is 16.8 Å². The Labute approximate surface area is 184 Å². The molecule has 3 rings (SSSR count). The van der Waals surface area contributed by atoms with E-state index in [1.54, 1.807) is 36.5 Å². The molecule has 0 unspecified atom stereocenters. The lowest BCUT2D eigenvalue weighted by Crippen LogP contribution is -2.18. The SMILES string of the molecule is COc1cc(-n2ccc(-c3cccc(OC(F)(F)F)c3)cc2=O)ccc1OCC(C)(C)C. The van der Waals surface area contributed by atoms with Gasteiger partial charge in [-0.1, -0.05) is 32.9 Å². The first-order chi connectivity index (χ1) is 14.9. The summed E-state index contributed by atoms with van der Waals surface area (Å²) < 4.78 is 54.1. The highest BCUT2D eigenvalue weighted by molar-refractivity contribution is 5.65. The summed E-state index contributed by atoms with van der Waals surface area (Å²) in [5.41, 5.74) is 1.08. The third kappa shape index (κ3) is 6.06. The van der Waals surface area contributed by atoms with Crippen LogP contribution in [0.5, 0.6) is 17.2 Å². The first-order valence-electron chi connectivity index (χ1n) is 9.85. The Kier molecular flexibility index (Phi) is 6.52. The molecule has 2 aromatic carbocycles. The molecule has 0 bridgehead atoms. The van der Waals surface area contributed by atoms with Crippen LogP contribution in [0.2, 0.25) is 0 Å². The monoisotopic (exact) mass is 447 g/mol. The number of ether oxygens (including phenoxy) is 3. The van der Waals surface area contributed by atoms with Gasteiger partial charge in [0.2, 0.25) is 0 Å². The average Bonchev–Trinajstić information content (AvgIpc) is 2.70. The molecule has 0 atom stereocenters. The topological polar surface area (TPSA) is 49.7 Å². The van der Waals surface area contributed by atoms with Gasteiger partial charge in [-0.3, -0.25) is 9.36 Å². The summed E-state index contributed by atoms with van der Waals surface area (Å²) in [6.45, 7) is 6.66. The zero-order valence-electron chi connectivity index (χ0n) is 18.2. The third-order valence-electron chi connectivity index (χ3n) is 4.41. The Bertz CT molecular complexity index is 1150. The Hall–Kier alpha value is -3.42. The van der Waals surface area contributed by atoms with Crippen LogP contribution >= 0.6 is 0 Å². The molecule has 0 saturated carbocycles. The highest BCUT2D eigenvalue weighted by Gasteiger charge is 2.31. The minimum atomic E-state index is -4.79. The van der Waals surface area contributed by atoms with Crippen LogP contribution in [0.3, 0.4) is 0 Å². The summed E-state index contributed by atoms with van der Waals surface area (Å²) in [7, 11) is 1.52. The molecule has 8 heteroatoms. The number of pyridine rings is 1. The van der Waals surface area contributed by atoms with Crippen molar-refractivity contribution in [3.63, 3.8) is 0 Å².